The Morgan fingerprint density at radius 3 is 2.42 bits per heavy atom. The summed E-state index contributed by atoms with van der Waals surface area (Å²) < 4.78 is 8.24. The SMILES string of the molecule is COC(=O)C(=O)OCC(O)CO. The summed E-state index contributed by atoms with van der Waals surface area (Å²) in [4.78, 5) is 20.9. The van der Waals surface area contributed by atoms with E-state index in [1.54, 1.807) is 0 Å². The van der Waals surface area contributed by atoms with E-state index in [1.807, 2.05) is 0 Å². The second-order valence-corrected chi connectivity index (χ2v) is 1.93. The third-order valence-corrected chi connectivity index (χ3v) is 0.970. The van der Waals surface area contributed by atoms with Crippen LogP contribution in [0, 0.1) is 0 Å². The van der Waals surface area contributed by atoms with Gasteiger partial charge in [0.05, 0.1) is 13.7 Å². The van der Waals surface area contributed by atoms with Gasteiger partial charge in [0.2, 0.25) is 0 Å². The van der Waals surface area contributed by atoms with Gasteiger partial charge in [0, 0.05) is 0 Å². The number of esters is 2. The van der Waals surface area contributed by atoms with Gasteiger partial charge in [0.15, 0.2) is 0 Å². The van der Waals surface area contributed by atoms with Crippen LogP contribution in [0.3, 0.4) is 0 Å². The van der Waals surface area contributed by atoms with Crippen molar-refractivity contribution in [3.63, 3.8) is 0 Å². The van der Waals surface area contributed by atoms with Crippen molar-refractivity contribution in [1.82, 2.24) is 0 Å². The smallest absolute Gasteiger partial charge is 0.417 e. The van der Waals surface area contributed by atoms with Crippen molar-refractivity contribution >= 4 is 11.9 Å². The van der Waals surface area contributed by atoms with Crippen LogP contribution >= 0.6 is 0 Å². The minimum Gasteiger partial charge on any atom is -0.461 e. The molecule has 0 saturated carbocycles. The summed E-state index contributed by atoms with van der Waals surface area (Å²) in [7, 11) is 1.03. The summed E-state index contributed by atoms with van der Waals surface area (Å²) in [6, 6.07) is 0. The minimum atomic E-state index is -1.19. The number of methoxy groups -OCH3 is 1. The average molecular weight is 178 g/mol. The molecule has 0 amide bonds. The summed E-state index contributed by atoms with van der Waals surface area (Å²) in [5, 5.41) is 17.0. The molecule has 0 aromatic heterocycles. The van der Waals surface area contributed by atoms with E-state index in [2.05, 4.69) is 9.47 Å². The standard InChI is InChI=1S/C6H10O6/c1-11-5(9)6(10)12-3-4(8)2-7/h4,7-8H,2-3H2,1H3. The van der Waals surface area contributed by atoms with Crippen molar-refractivity contribution in [2.24, 2.45) is 0 Å². The lowest BCUT2D eigenvalue weighted by molar-refractivity contribution is -0.167. The monoisotopic (exact) mass is 178 g/mol. The first-order chi connectivity index (χ1) is 5.61. The van der Waals surface area contributed by atoms with Crippen LogP contribution in [-0.2, 0) is 19.1 Å². The van der Waals surface area contributed by atoms with E-state index in [4.69, 9.17) is 10.2 Å². The quantitative estimate of drug-likeness (QED) is 0.385. The third-order valence-electron chi connectivity index (χ3n) is 0.970. The number of ether oxygens (including phenoxy) is 2. The zero-order valence-electron chi connectivity index (χ0n) is 6.52. The number of hydrogen-bond acceptors (Lipinski definition) is 6. The largest absolute Gasteiger partial charge is 0.461 e. The number of aliphatic hydroxyl groups is 2. The van der Waals surface area contributed by atoms with Crippen molar-refractivity contribution in [1.29, 1.82) is 0 Å². The third kappa shape index (κ3) is 3.89. The molecule has 0 spiro atoms. The van der Waals surface area contributed by atoms with Gasteiger partial charge in [-0.3, -0.25) is 0 Å². The predicted molar refractivity (Wildman–Crippen MR) is 36.1 cm³/mol. The minimum absolute atomic E-state index is 0.426. The molecule has 0 fully saturated rings. The zero-order chi connectivity index (χ0) is 9.56. The molecule has 0 aliphatic heterocycles. The zero-order valence-corrected chi connectivity index (χ0v) is 6.52. The Balaban J connectivity index is 3.64. The maximum atomic E-state index is 10.5. The van der Waals surface area contributed by atoms with E-state index >= 15 is 0 Å². The fourth-order valence-corrected chi connectivity index (χ4v) is 0.367. The lowest BCUT2D eigenvalue weighted by Gasteiger charge is -2.06. The van der Waals surface area contributed by atoms with Gasteiger partial charge in [-0.25, -0.2) is 9.59 Å². The predicted octanol–water partition coefficient (Wildman–Crippen LogP) is -1.94. The summed E-state index contributed by atoms with van der Waals surface area (Å²) >= 11 is 0. The molecule has 0 aliphatic rings. The summed E-state index contributed by atoms with van der Waals surface area (Å²) in [6.45, 7) is -0.959. The van der Waals surface area contributed by atoms with Crippen LogP contribution in [0.4, 0.5) is 0 Å². The molecule has 12 heavy (non-hydrogen) atoms. The molecule has 6 nitrogen and oxygen atoms in total. The molecule has 0 bridgehead atoms. The van der Waals surface area contributed by atoms with Crippen molar-refractivity contribution in [3.05, 3.63) is 0 Å². The van der Waals surface area contributed by atoms with Gasteiger partial charge in [-0.1, -0.05) is 0 Å². The Bertz CT molecular complexity index is 165. The van der Waals surface area contributed by atoms with Crippen LogP contribution in [0.15, 0.2) is 0 Å². The van der Waals surface area contributed by atoms with Crippen molar-refractivity contribution in [2.45, 2.75) is 6.10 Å². The number of carbonyl (C=O) groups is 2. The maximum absolute atomic E-state index is 10.5. The Labute approximate surface area is 68.7 Å². The Morgan fingerprint density at radius 1 is 1.42 bits per heavy atom. The molecule has 0 radical (unpaired) electrons. The van der Waals surface area contributed by atoms with Gasteiger partial charge in [-0.15, -0.1) is 0 Å². The molecular weight excluding hydrogens is 168 g/mol. The molecule has 0 heterocycles. The van der Waals surface area contributed by atoms with Crippen LogP contribution in [-0.4, -0.2) is 48.6 Å². The van der Waals surface area contributed by atoms with Crippen LogP contribution in [0.1, 0.15) is 0 Å². The van der Waals surface area contributed by atoms with Gasteiger partial charge < -0.3 is 19.7 Å². The average Bonchev–Trinajstić information content (AvgIpc) is 2.11. The fourth-order valence-electron chi connectivity index (χ4n) is 0.367. The van der Waals surface area contributed by atoms with E-state index in [1.165, 1.54) is 0 Å². The van der Waals surface area contributed by atoms with E-state index in [9.17, 15) is 9.59 Å². The molecule has 0 aromatic carbocycles. The van der Waals surface area contributed by atoms with Crippen LogP contribution in [0.25, 0.3) is 0 Å². The fraction of sp³-hybridized carbons (Fsp3) is 0.667. The maximum Gasteiger partial charge on any atom is 0.417 e. The van der Waals surface area contributed by atoms with Crippen LogP contribution < -0.4 is 0 Å². The van der Waals surface area contributed by atoms with Gasteiger partial charge in [0.25, 0.3) is 0 Å². The first kappa shape index (κ1) is 10.9. The molecule has 1 unspecified atom stereocenters. The molecule has 0 aliphatic carbocycles. The van der Waals surface area contributed by atoms with Crippen LogP contribution in [0.2, 0.25) is 0 Å². The number of aliphatic hydroxyl groups excluding tert-OH is 2. The molecule has 70 valence electrons. The van der Waals surface area contributed by atoms with E-state index in [0.717, 1.165) is 7.11 Å². The Hall–Kier alpha value is -1.14. The highest BCUT2D eigenvalue weighted by Gasteiger charge is 2.16. The highest BCUT2D eigenvalue weighted by Crippen LogP contribution is 1.86. The Morgan fingerprint density at radius 2 is 2.00 bits per heavy atom. The normalized spacial score (nSPS) is 11.9. The lowest BCUT2D eigenvalue weighted by Crippen LogP contribution is -2.26. The number of hydrogen-bond donors (Lipinski definition) is 2. The van der Waals surface area contributed by atoms with Crippen LogP contribution in [0.5, 0.6) is 0 Å². The first-order valence-electron chi connectivity index (χ1n) is 3.15. The van der Waals surface area contributed by atoms with E-state index < -0.39 is 31.3 Å². The second-order valence-electron chi connectivity index (χ2n) is 1.93. The molecule has 6 heteroatoms. The molecule has 1 atom stereocenters. The summed E-state index contributed by atoms with van der Waals surface area (Å²) in [5.74, 6) is -2.33. The summed E-state index contributed by atoms with van der Waals surface area (Å²) in [5.41, 5.74) is 0. The number of rotatable bonds is 3. The van der Waals surface area contributed by atoms with Crippen molar-refractivity contribution in [2.75, 3.05) is 20.3 Å². The summed E-state index contributed by atoms with van der Waals surface area (Å²) in [6.07, 6.45) is -1.17. The van der Waals surface area contributed by atoms with E-state index in [-0.39, 0.29) is 0 Å². The molecule has 0 rings (SSSR count). The highest BCUT2D eigenvalue weighted by atomic mass is 16.6. The Kier molecular flexibility index (Phi) is 4.98. The van der Waals surface area contributed by atoms with Gasteiger partial charge >= 0.3 is 11.9 Å². The van der Waals surface area contributed by atoms with E-state index in [0.29, 0.717) is 0 Å². The lowest BCUT2D eigenvalue weighted by atomic mass is 10.4. The highest BCUT2D eigenvalue weighted by molar-refractivity contribution is 6.29. The van der Waals surface area contributed by atoms with Gasteiger partial charge in [-0.05, 0) is 0 Å². The second kappa shape index (κ2) is 5.50. The molecular formula is C6H10O6. The van der Waals surface area contributed by atoms with Crippen molar-refractivity contribution in [3.8, 4) is 0 Å². The van der Waals surface area contributed by atoms with Gasteiger partial charge in [-0.2, -0.15) is 0 Å². The number of carbonyl (C=O) groups excluding carboxylic acids is 2. The molecule has 0 aromatic rings. The molecule has 0 saturated heterocycles. The first-order valence-corrected chi connectivity index (χ1v) is 3.15. The van der Waals surface area contributed by atoms with Gasteiger partial charge in [0.1, 0.15) is 12.7 Å². The molecule has 2 N–H and O–H groups in total. The topological polar surface area (TPSA) is 93.1 Å². The van der Waals surface area contributed by atoms with Crippen molar-refractivity contribution < 1.29 is 29.3 Å².